The number of nitrogen functional groups attached to an aromatic ring is 1. The molecule has 1 heterocycles. The number of hydrogen-bond donors (Lipinski definition) is 3. The molecule has 0 saturated carbocycles. The molecule has 3 rings (SSSR count). The number of aryl methyl sites for hydroxylation is 2. The highest BCUT2D eigenvalue weighted by molar-refractivity contribution is 7.09. The van der Waals surface area contributed by atoms with Crippen LogP contribution < -0.4 is 26.4 Å². The number of nitrogens with zero attached hydrogens (tertiary/aromatic N) is 2. The number of carbonyl (C=O) groups excluding carboxylic acids is 3. The quantitative estimate of drug-likeness (QED) is 0.367. The van der Waals surface area contributed by atoms with E-state index in [0.717, 1.165) is 29.1 Å². The zero-order chi connectivity index (χ0) is 27.3. The number of primary amides is 1. The smallest absolute Gasteiger partial charge is 0.273 e. The van der Waals surface area contributed by atoms with E-state index >= 15 is 0 Å². The molecule has 0 bridgehead atoms. The molecule has 3 aromatic rings. The van der Waals surface area contributed by atoms with Crippen LogP contribution in [0.1, 0.15) is 63.2 Å². The molecule has 0 saturated heterocycles. The summed E-state index contributed by atoms with van der Waals surface area (Å²) >= 11 is 0.779. The topological polar surface area (TPSA) is 141 Å². The van der Waals surface area contributed by atoms with Gasteiger partial charge in [0.1, 0.15) is 16.7 Å². The SMILES string of the molecule is COc1ccc(C(C(=O)NCCC(C)C)N(C(=O)c2snc(C(N)=O)c2N)c2cc(C)ccc2C)cc1. The zero-order valence-electron chi connectivity index (χ0n) is 21.7. The first-order chi connectivity index (χ1) is 17.5. The highest BCUT2D eigenvalue weighted by atomic mass is 32.1. The number of methoxy groups -OCH3 is 1. The first kappa shape index (κ1) is 27.7. The van der Waals surface area contributed by atoms with E-state index in [1.807, 2.05) is 32.0 Å². The third-order valence-electron chi connectivity index (χ3n) is 5.96. The van der Waals surface area contributed by atoms with Crippen LogP contribution in [0.25, 0.3) is 0 Å². The third-order valence-corrected chi connectivity index (χ3v) is 6.81. The van der Waals surface area contributed by atoms with Gasteiger partial charge in [-0.15, -0.1) is 0 Å². The van der Waals surface area contributed by atoms with Gasteiger partial charge in [-0.3, -0.25) is 19.3 Å². The lowest BCUT2D eigenvalue weighted by Crippen LogP contribution is -2.44. The Bertz CT molecular complexity index is 1290. The van der Waals surface area contributed by atoms with Gasteiger partial charge in [0.25, 0.3) is 11.8 Å². The van der Waals surface area contributed by atoms with Gasteiger partial charge in [-0.25, -0.2) is 0 Å². The number of rotatable bonds is 10. The van der Waals surface area contributed by atoms with Crippen LogP contribution in [-0.2, 0) is 4.79 Å². The maximum Gasteiger partial charge on any atom is 0.273 e. The summed E-state index contributed by atoms with van der Waals surface area (Å²) in [5, 5.41) is 2.99. The van der Waals surface area contributed by atoms with Crippen LogP contribution in [0.2, 0.25) is 0 Å². The molecule has 196 valence electrons. The predicted molar refractivity (Wildman–Crippen MR) is 146 cm³/mol. The molecule has 1 atom stereocenters. The van der Waals surface area contributed by atoms with Crippen molar-refractivity contribution in [3.8, 4) is 5.75 Å². The number of carbonyl (C=O) groups is 3. The highest BCUT2D eigenvalue weighted by Crippen LogP contribution is 2.35. The van der Waals surface area contributed by atoms with Gasteiger partial charge in [0, 0.05) is 12.2 Å². The minimum Gasteiger partial charge on any atom is -0.497 e. The summed E-state index contributed by atoms with van der Waals surface area (Å²) in [6.07, 6.45) is 0.780. The van der Waals surface area contributed by atoms with Gasteiger partial charge in [-0.1, -0.05) is 38.1 Å². The Labute approximate surface area is 221 Å². The largest absolute Gasteiger partial charge is 0.497 e. The second-order valence-corrected chi connectivity index (χ2v) is 10.0. The molecule has 37 heavy (non-hydrogen) atoms. The predicted octanol–water partition coefficient (Wildman–Crippen LogP) is 4.00. The second-order valence-electron chi connectivity index (χ2n) is 9.25. The summed E-state index contributed by atoms with van der Waals surface area (Å²) < 4.78 is 9.29. The molecule has 0 aliphatic carbocycles. The number of amides is 3. The summed E-state index contributed by atoms with van der Waals surface area (Å²) in [4.78, 5) is 41.2. The molecule has 0 aliphatic rings. The van der Waals surface area contributed by atoms with Crippen molar-refractivity contribution in [3.63, 3.8) is 0 Å². The van der Waals surface area contributed by atoms with Crippen LogP contribution in [0.15, 0.2) is 42.5 Å². The summed E-state index contributed by atoms with van der Waals surface area (Å²) in [7, 11) is 1.56. The van der Waals surface area contributed by atoms with Crippen LogP contribution >= 0.6 is 11.5 Å². The van der Waals surface area contributed by atoms with Gasteiger partial charge in [0.05, 0.1) is 12.8 Å². The van der Waals surface area contributed by atoms with Crippen molar-refractivity contribution in [2.24, 2.45) is 11.7 Å². The van der Waals surface area contributed by atoms with Crippen LogP contribution in [0.5, 0.6) is 5.75 Å². The van der Waals surface area contributed by atoms with Crippen molar-refractivity contribution in [2.45, 2.75) is 40.2 Å². The van der Waals surface area contributed by atoms with Crippen molar-refractivity contribution in [3.05, 3.63) is 69.7 Å². The second kappa shape index (κ2) is 11.9. The van der Waals surface area contributed by atoms with Gasteiger partial charge < -0.3 is 21.5 Å². The Balaban J connectivity index is 2.21. The first-order valence-corrected chi connectivity index (χ1v) is 12.7. The molecule has 5 N–H and O–H groups in total. The minimum atomic E-state index is -1.04. The number of nitrogens with two attached hydrogens (primary N) is 2. The van der Waals surface area contributed by atoms with Gasteiger partial charge in [0.15, 0.2) is 5.69 Å². The number of hydrogen-bond acceptors (Lipinski definition) is 7. The maximum atomic E-state index is 14.1. The van der Waals surface area contributed by atoms with Gasteiger partial charge in [0.2, 0.25) is 5.91 Å². The minimum absolute atomic E-state index is 0.0307. The van der Waals surface area contributed by atoms with Crippen molar-refractivity contribution >= 4 is 40.6 Å². The maximum absolute atomic E-state index is 14.1. The van der Waals surface area contributed by atoms with Crippen LogP contribution in [0.3, 0.4) is 0 Å². The van der Waals surface area contributed by atoms with Crippen molar-refractivity contribution in [2.75, 3.05) is 24.3 Å². The van der Waals surface area contributed by atoms with Crippen LogP contribution in [-0.4, -0.2) is 35.7 Å². The lowest BCUT2D eigenvalue weighted by molar-refractivity contribution is -0.122. The molecular formula is C27H33N5O4S. The number of anilines is 2. The third kappa shape index (κ3) is 6.26. The Morgan fingerprint density at radius 1 is 1.11 bits per heavy atom. The molecule has 1 aromatic heterocycles. The monoisotopic (exact) mass is 523 g/mol. The summed E-state index contributed by atoms with van der Waals surface area (Å²) in [6.45, 7) is 8.36. The molecular weight excluding hydrogens is 490 g/mol. The summed E-state index contributed by atoms with van der Waals surface area (Å²) in [5.74, 6) is -0.732. The van der Waals surface area contributed by atoms with Crippen molar-refractivity contribution in [1.82, 2.24) is 9.69 Å². The number of ether oxygens (including phenoxy) is 1. The number of benzene rings is 2. The summed E-state index contributed by atoms with van der Waals surface area (Å²) in [5.41, 5.74) is 14.1. The first-order valence-electron chi connectivity index (χ1n) is 11.9. The van der Waals surface area contributed by atoms with E-state index in [-0.39, 0.29) is 22.2 Å². The molecule has 9 nitrogen and oxygen atoms in total. The molecule has 3 amide bonds. The standard InChI is InChI=1S/C27H33N5O4S/c1-15(2)12-13-30-26(34)23(18-8-10-19(36-5)11-9-18)32(20-14-16(3)6-7-17(20)4)27(35)24-21(28)22(25(29)33)31-37-24/h6-11,14-15,23H,12-13,28H2,1-5H3,(H2,29,33)(H,30,34). The van der Waals surface area contributed by atoms with E-state index in [2.05, 4.69) is 23.5 Å². The number of nitrogens with one attached hydrogen (secondary N) is 1. The normalized spacial score (nSPS) is 11.7. The molecule has 10 heteroatoms. The van der Waals surface area contributed by atoms with Gasteiger partial charge in [-0.2, -0.15) is 4.37 Å². The average molecular weight is 524 g/mol. The van der Waals surface area contributed by atoms with Gasteiger partial charge >= 0.3 is 0 Å². The van der Waals surface area contributed by atoms with E-state index in [4.69, 9.17) is 16.2 Å². The Morgan fingerprint density at radius 3 is 2.35 bits per heavy atom. The molecule has 2 aromatic carbocycles. The van der Waals surface area contributed by atoms with E-state index in [9.17, 15) is 14.4 Å². The molecule has 1 unspecified atom stereocenters. The molecule has 0 fully saturated rings. The van der Waals surface area contributed by atoms with Crippen molar-refractivity contribution in [1.29, 1.82) is 0 Å². The Morgan fingerprint density at radius 2 is 1.78 bits per heavy atom. The molecule has 0 aliphatic heterocycles. The fourth-order valence-electron chi connectivity index (χ4n) is 3.87. The highest BCUT2D eigenvalue weighted by Gasteiger charge is 2.36. The van der Waals surface area contributed by atoms with Gasteiger partial charge in [-0.05, 0) is 72.6 Å². The zero-order valence-corrected chi connectivity index (χ0v) is 22.5. The van der Waals surface area contributed by atoms with E-state index < -0.39 is 17.9 Å². The lowest BCUT2D eigenvalue weighted by Gasteiger charge is -2.32. The lowest BCUT2D eigenvalue weighted by atomic mass is 10.00. The molecule has 0 spiro atoms. The Hall–Kier alpha value is -3.92. The van der Waals surface area contributed by atoms with E-state index in [1.54, 1.807) is 31.4 Å². The van der Waals surface area contributed by atoms with Crippen LogP contribution in [0.4, 0.5) is 11.4 Å². The van der Waals surface area contributed by atoms with Crippen molar-refractivity contribution < 1.29 is 19.1 Å². The fourth-order valence-corrected chi connectivity index (χ4v) is 4.61. The Kier molecular flexibility index (Phi) is 8.88. The molecule has 0 radical (unpaired) electrons. The van der Waals surface area contributed by atoms with E-state index in [1.165, 1.54) is 4.90 Å². The van der Waals surface area contributed by atoms with E-state index in [0.29, 0.717) is 29.5 Å². The average Bonchev–Trinajstić information content (AvgIpc) is 3.25. The fraction of sp³-hybridized carbons (Fsp3) is 0.333. The summed E-state index contributed by atoms with van der Waals surface area (Å²) in [6, 6.07) is 11.6. The van der Waals surface area contributed by atoms with Crippen LogP contribution in [0, 0.1) is 19.8 Å². The number of aromatic nitrogens is 1.